The van der Waals surface area contributed by atoms with E-state index in [-0.39, 0.29) is 18.0 Å². The maximum absolute atomic E-state index is 11.0. The summed E-state index contributed by atoms with van der Waals surface area (Å²) in [7, 11) is 1.33. The summed E-state index contributed by atoms with van der Waals surface area (Å²) in [6, 6.07) is 0. The molecule has 1 unspecified atom stereocenters. The molecule has 0 aliphatic heterocycles. The molecule has 0 aromatic carbocycles. The van der Waals surface area contributed by atoms with Crippen LogP contribution in [0.3, 0.4) is 0 Å². The summed E-state index contributed by atoms with van der Waals surface area (Å²) in [5, 5.41) is 0. The largest absolute Gasteiger partial charge is 0.466 e. The molecule has 0 N–H and O–H groups in total. The third-order valence-electron chi connectivity index (χ3n) is 2.22. The molecule has 4 heteroatoms. The predicted octanol–water partition coefficient (Wildman–Crippen LogP) is 2.39. The van der Waals surface area contributed by atoms with Crippen molar-refractivity contribution in [3.8, 4) is 0 Å². The van der Waals surface area contributed by atoms with Gasteiger partial charge in [-0.2, -0.15) is 0 Å². The van der Waals surface area contributed by atoms with Gasteiger partial charge in [0.15, 0.2) is 0 Å². The number of hydrogen-bond acceptors (Lipinski definition) is 4. The number of allylic oxidation sites excluding steroid dienone is 1. The molecular weight excluding hydrogens is 220 g/mol. The van der Waals surface area contributed by atoms with Crippen molar-refractivity contribution in [1.29, 1.82) is 0 Å². The molecule has 0 aromatic heterocycles. The maximum atomic E-state index is 11.0. The SMILES string of the molecule is C=C(C)C(CCC(C)=CC(=O)OC)OC(C)=O. The van der Waals surface area contributed by atoms with E-state index in [9.17, 15) is 9.59 Å². The van der Waals surface area contributed by atoms with E-state index in [4.69, 9.17) is 4.74 Å². The topological polar surface area (TPSA) is 52.6 Å². The van der Waals surface area contributed by atoms with Gasteiger partial charge in [-0.1, -0.05) is 12.2 Å². The van der Waals surface area contributed by atoms with Crippen LogP contribution in [0.15, 0.2) is 23.8 Å². The molecule has 17 heavy (non-hydrogen) atoms. The number of carbonyl (C=O) groups is 2. The summed E-state index contributed by atoms with van der Waals surface area (Å²) in [6.07, 6.45) is 2.41. The smallest absolute Gasteiger partial charge is 0.330 e. The number of hydrogen-bond donors (Lipinski definition) is 0. The first-order valence-electron chi connectivity index (χ1n) is 5.44. The van der Waals surface area contributed by atoms with Crippen LogP contribution in [0.2, 0.25) is 0 Å². The molecule has 4 nitrogen and oxygen atoms in total. The number of ether oxygens (including phenoxy) is 2. The van der Waals surface area contributed by atoms with Gasteiger partial charge in [0, 0.05) is 13.0 Å². The van der Waals surface area contributed by atoms with Crippen molar-refractivity contribution in [2.75, 3.05) is 7.11 Å². The van der Waals surface area contributed by atoms with Gasteiger partial charge >= 0.3 is 11.9 Å². The van der Waals surface area contributed by atoms with Crippen molar-refractivity contribution in [2.45, 2.75) is 39.7 Å². The summed E-state index contributed by atoms with van der Waals surface area (Å²) in [6.45, 7) is 8.79. The summed E-state index contributed by atoms with van der Waals surface area (Å²) in [5.41, 5.74) is 1.68. The van der Waals surface area contributed by atoms with Crippen LogP contribution in [0, 0.1) is 0 Å². The van der Waals surface area contributed by atoms with Crippen LogP contribution >= 0.6 is 0 Å². The lowest BCUT2D eigenvalue weighted by Gasteiger charge is -2.16. The Balaban J connectivity index is 4.30. The van der Waals surface area contributed by atoms with Crippen molar-refractivity contribution in [1.82, 2.24) is 0 Å². The molecule has 1 atom stereocenters. The lowest BCUT2D eigenvalue weighted by atomic mass is 10.0. The van der Waals surface area contributed by atoms with Gasteiger partial charge in [0.1, 0.15) is 6.10 Å². The average Bonchev–Trinajstić information content (AvgIpc) is 2.23. The van der Waals surface area contributed by atoms with Gasteiger partial charge in [-0.3, -0.25) is 4.79 Å². The molecule has 0 saturated carbocycles. The van der Waals surface area contributed by atoms with Crippen LogP contribution in [0.4, 0.5) is 0 Å². The predicted molar refractivity (Wildman–Crippen MR) is 65.4 cm³/mol. The van der Waals surface area contributed by atoms with E-state index in [1.165, 1.54) is 20.1 Å². The number of methoxy groups -OCH3 is 1. The lowest BCUT2D eigenvalue weighted by molar-refractivity contribution is -0.144. The molecule has 0 saturated heterocycles. The number of esters is 2. The number of carbonyl (C=O) groups excluding carboxylic acids is 2. The molecule has 0 aliphatic rings. The Morgan fingerprint density at radius 3 is 2.29 bits per heavy atom. The van der Waals surface area contributed by atoms with Crippen LogP contribution < -0.4 is 0 Å². The van der Waals surface area contributed by atoms with Crippen LogP contribution in [0.5, 0.6) is 0 Å². The highest BCUT2D eigenvalue weighted by molar-refractivity contribution is 5.82. The molecule has 0 spiro atoms. The van der Waals surface area contributed by atoms with Crippen molar-refractivity contribution >= 4 is 11.9 Å². The average molecular weight is 240 g/mol. The van der Waals surface area contributed by atoms with Crippen molar-refractivity contribution in [3.63, 3.8) is 0 Å². The van der Waals surface area contributed by atoms with Crippen LogP contribution in [0.25, 0.3) is 0 Å². The summed E-state index contributed by atoms with van der Waals surface area (Å²) >= 11 is 0. The van der Waals surface area contributed by atoms with E-state index < -0.39 is 0 Å². The standard InChI is InChI=1S/C13H20O4/c1-9(2)12(17-11(4)14)7-6-10(3)8-13(15)16-5/h8,12H,1,6-7H2,2-5H3. The fourth-order valence-corrected chi connectivity index (χ4v) is 1.30. The van der Waals surface area contributed by atoms with Crippen LogP contribution in [-0.4, -0.2) is 25.2 Å². The van der Waals surface area contributed by atoms with Gasteiger partial charge in [-0.05, 0) is 32.3 Å². The fourth-order valence-electron chi connectivity index (χ4n) is 1.30. The Bertz CT molecular complexity index is 328. The minimum absolute atomic E-state index is 0.298. The Hall–Kier alpha value is -1.58. The molecule has 0 aromatic rings. The lowest BCUT2D eigenvalue weighted by Crippen LogP contribution is -2.17. The Morgan fingerprint density at radius 2 is 1.88 bits per heavy atom. The minimum Gasteiger partial charge on any atom is -0.466 e. The Kier molecular flexibility index (Phi) is 6.94. The third-order valence-corrected chi connectivity index (χ3v) is 2.22. The van der Waals surface area contributed by atoms with Crippen molar-refractivity contribution in [3.05, 3.63) is 23.8 Å². The van der Waals surface area contributed by atoms with E-state index >= 15 is 0 Å². The third kappa shape index (κ3) is 7.33. The van der Waals surface area contributed by atoms with Gasteiger partial charge in [0.2, 0.25) is 0 Å². The molecule has 0 bridgehead atoms. The van der Waals surface area contributed by atoms with E-state index in [1.807, 2.05) is 13.8 Å². The van der Waals surface area contributed by atoms with Gasteiger partial charge in [0.25, 0.3) is 0 Å². The minimum atomic E-state index is -0.373. The first-order valence-corrected chi connectivity index (χ1v) is 5.44. The first-order chi connectivity index (χ1) is 7.86. The Labute approximate surface area is 102 Å². The van der Waals surface area contributed by atoms with E-state index in [0.29, 0.717) is 12.8 Å². The van der Waals surface area contributed by atoms with Gasteiger partial charge in [-0.15, -0.1) is 0 Å². The molecular formula is C13H20O4. The molecule has 0 amide bonds. The molecule has 0 radical (unpaired) electrons. The Morgan fingerprint density at radius 1 is 1.29 bits per heavy atom. The highest BCUT2D eigenvalue weighted by Crippen LogP contribution is 2.15. The quantitative estimate of drug-likeness (QED) is 0.406. The molecule has 0 heterocycles. The molecule has 0 rings (SSSR count). The van der Waals surface area contributed by atoms with E-state index in [1.54, 1.807) is 0 Å². The summed E-state index contributed by atoms with van der Waals surface area (Å²) in [4.78, 5) is 21.9. The second kappa shape index (κ2) is 7.65. The highest BCUT2D eigenvalue weighted by atomic mass is 16.5. The summed E-state index contributed by atoms with van der Waals surface area (Å²) < 4.78 is 9.63. The maximum Gasteiger partial charge on any atom is 0.330 e. The van der Waals surface area contributed by atoms with Gasteiger partial charge in [-0.25, -0.2) is 4.79 Å². The monoisotopic (exact) mass is 240 g/mol. The van der Waals surface area contributed by atoms with Gasteiger partial charge < -0.3 is 9.47 Å². The second-order valence-corrected chi connectivity index (χ2v) is 4.00. The van der Waals surface area contributed by atoms with Gasteiger partial charge in [0.05, 0.1) is 7.11 Å². The van der Waals surface area contributed by atoms with Crippen LogP contribution in [-0.2, 0) is 19.1 Å². The second-order valence-electron chi connectivity index (χ2n) is 4.00. The zero-order valence-electron chi connectivity index (χ0n) is 10.9. The first kappa shape index (κ1) is 15.4. The molecule has 0 fully saturated rings. The fraction of sp³-hybridized carbons (Fsp3) is 0.538. The molecule has 0 aliphatic carbocycles. The summed E-state index contributed by atoms with van der Waals surface area (Å²) in [5.74, 6) is -0.700. The van der Waals surface area contributed by atoms with E-state index in [0.717, 1.165) is 11.1 Å². The highest BCUT2D eigenvalue weighted by Gasteiger charge is 2.12. The van der Waals surface area contributed by atoms with Crippen LogP contribution in [0.1, 0.15) is 33.6 Å². The van der Waals surface area contributed by atoms with Crippen molar-refractivity contribution in [2.24, 2.45) is 0 Å². The normalized spacial score (nSPS) is 12.8. The number of rotatable bonds is 6. The van der Waals surface area contributed by atoms with E-state index in [2.05, 4.69) is 11.3 Å². The molecule has 96 valence electrons. The zero-order chi connectivity index (χ0) is 13.4. The van der Waals surface area contributed by atoms with Crippen molar-refractivity contribution < 1.29 is 19.1 Å². The zero-order valence-corrected chi connectivity index (χ0v) is 10.9.